The Morgan fingerprint density at radius 3 is 2.57 bits per heavy atom. The van der Waals surface area contributed by atoms with Gasteiger partial charge < -0.3 is 14.8 Å². The Morgan fingerprint density at radius 2 is 2.04 bits per heavy atom. The number of imidazole rings is 1. The van der Waals surface area contributed by atoms with Crippen LogP contribution in [0.4, 0.5) is 0 Å². The van der Waals surface area contributed by atoms with E-state index in [-0.39, 0.29) is 38.6 Å². The van der Waals surface area contributed by atoms with Gasteiger partial charge in [0.05, 0.1) is 12.0 Å². The summed E-state index contributed by atoms with van der Waals surface area (Å²) in [4.78, 5) is 17.6. The summed E-state index contributed by atoms with van der Waals surface area (Å²) in [6, 6.07) is 5.97. The fraction of sp³-hybridized carbons (Fsp3) is 0.188. The van der Waals surface area contributed by atoms with E-state index >= 15 is 0 Å². The van der Waals surface area contributed by atoms with E-state index in [1.807, 2.05) is 42.8 Å². The summed E-state index contributed by atoms with van der Waals surface area (Å²) in [5.41, 5.74) is 4.41. The van der Waals surface area contributed by atoms with Gasteiger partial charge in [-0.1, -0.05) is 25.3 Å². The number of aromatic nitrogens is 2. The summed E-state index contributed by atoms with van der Waals surface area (Å²) in [5.74, 6) is -0.169. The minimum atomic E-state index is -0.169. The van der Waals surface area contributed by atoms with Gasteiger partial charge in [0.25, 0.3) is 0 Å². The van der Waals surface area contributed by atoms with Crippen molar-refractivity contribution in [2.45, 2.75) is 13.8 Å². The largest absolute Gasteiger partial charge is 0.424 e. The maximum Gasteiger partial charge on any atom is 0.174 e. The van der Waals surface area contributed by atoms with Crippen LogP contribution in [0.1, 0.15) is 16.8 Å². The fourth-order valence-corrected chi connectivity index (χ4v) is 2.53. The number of hydrogen-bond acceptors (Lipinski definition) is 3. The van der Waals surface area contributed by atoms with Gasteiger partial charge >= 0.3 is 0 Å². The molecule has 0 unspecified atom stereocenters. The molecule has 1 saturated heterocycles. The Balaban J connectivity index is 0.00000192. The second-order valence-electron chi connectivity index (χ2n) is 5.26. The van der Waals surface area contributed by atoms with Crippen LogP contribution >= 0.6 is 12.2 Å². The Labute approximate surface area is 165 Å². The van der Waals surface area contributed by atoms with Gasteiger partial charge in [-0.05, 0) is 43.2 Å². The molecule has 1 aromatic heterocycles. The van der Waals surface area contributed by atoms with Crippen molar-refractivity contribution in [3.63, 3.8) is 0 Å². The van der Waals surface area contributed by atoms with E-state index in [9.17, 15) is 4.79 Å². The molecule has 1 fully saturated rings. The molecular formula is C16H15N4OSY-. The van der Waals surface area contributed by atoms with Gasteiger partial charge in [-0.25, -0.2) is 4.98 Å². The number of hydrogen-bond donors (Lipinski definition) is 0. The molecule has 0 N–H and O–H groups in total. The number of nitrogens with zero attached hydrogens (tertiary/aromatic N) is 4. The molecule has 0 aliphatic carbocycles. The molecule has 0 saturated carbocycles. The van der Waals surface area contributed by atoms with Crippen molar-refractivity contribution in [1.29, 1.82) is 0 Å². The Hall–Kier alpha value is -1.37. The minimum Gasteiger partial charge on any atom is -0.424 e. The van der Waals surface area contributed by atoms with Crippen LogP contribution in [0.15, 0.2) is 36.4 Å². The number of carbonyl (C=O) groups is 1. The molecule has 1 aliphatic rings. The van der Waals surface area contributed by atoms with Crippen molar-refractivity contribution in [3.05, 3.63) is 58.6 Å². The number of amides is 1. The number of rotatable bonds is 2. The third-order valence-corrected chi connectivity index (χ3v) is 3.91. The van der Waals surface area contributed by atoms with E-state index in [0.717, 1.165) is 22.5 Å². The predicted octanol–water partition coefficient (Wildman–Crippen LogP) is 2.96. The van der Waals surface area contributed by atoms with Crippen LogP contribution in [0.2, 0.25) is 0 Å². The van der Waals surface area contributed by atoms with Gasteiger partial charge in [-0.15, -0.1) is 0 Å². The summed E-state index contributed by atoms with van der Waals surface area (Å²) < 4.78 is 1.98. The molecular weight excluding hydrogens is 385 g/mol. The molecule has 115 valence electrons. The standard InChI is InChI=1S/C16H16N4OS.Y/c1-10-6-12(7-13-15(21)19(3)16(22)18-13)4-5-14(10)20-8-11(2)17-9-20;/h4-9H,1-3H3,(H,18,22);/p-1/b13-7-;. The van der Waals surface area contributed by atoms with Gasteiger partial charge in [-0.2, -0.15) is 0 Å². The molecule has 0 bridgehead atoms. The molecule has 23 heavy (non-hydrogen) atoms. The van der Waals surface area contributed by atoms with E-state index < -0.39 is 0 Å². The first kappa shape index (κ1) is 18.0. The fourth-order valence-electron chi connectivity index (χ4n) is 2.35. The third kappa shape index (κ3) is 3.60. The van der Waals surface area contributed by atoms with Crippen molar-refractivity contribution in [1.82, 2.24) is 14.5 Å². The van der Waals surface area contributed by atoms with E-state index in [1.54, 1.807) is 19.5 Å². The molecule has 1 aromatic carbocycles. The monoisotopic (exact) mass is 400 g/mol. The van der Waals surface area contributed by atoms with Crippen molar-refractivity contribution < 1.29 is 37.5 Å². The molecule has 1 amide bonds. The van der Waals surface area contributed by atoms with E-state index in [4.69, 9.17) is 12.2 Å². The smallest absolute Gasteiger partial charge is 0.174 e. The number of likely N-dealkylation sites (N-methyl/N-ethyl adjacent to an activating group) is 1. The Bertz CT molecular complexity index is 812. The molecule has 0 atom stereocenters. The van der Waals surface area contributed by atoms with Crippen molar-refractivity contribution in [3.8, 4) is 5.69 Å². The summed E-state index contributed by atoms with van der Waals surface area (Å²) in [5, 5.41) is 4.42. The Kier molecular flexibility index (Phi) is 5.50. The first-order valence-corrected chi connectivity index (χ1v) is 7.23. The molecule has 7 heteroatoms. The SMILES string of the molecule is Cc1cn(-c2ccc(/C=C3\[N-]C(=S)N(C)C3=O)cc2C)cn1.[Y]. The molecule has 3 rings (SSSR count). The molecule has 5 nitrogen and oxygen atoms in total. The van der Waals surface area contributed by atoms with Crippen LogP contribution in [-0.4, -0.2) is 32.5 Å². The molecule has 0 spiro atoms. The minimum absolute atomic E-state index is 0. The summed E-state index contributed by atoms with van der Waals surface area (Å²) in [6.45, 7) is 3.98. The van der Waals surface area contributed by atoms with Crippen LogP contribution in [0.25, 0.3) is 17.1 Å². The summed E-state index contributed by atoms with van der Waals surface area (Å²) in [7, 11) is 1.63. The zero-order valence-electron chi connectivity index (χ0n) is 13.1. The van der Waals surface area contributed by atoms with Gasteiger partial charge in [-0.3, -0.25) is 4.79 Å². The van der Waals surface area contributed by atoms with Crippen LogP contribution in [0, 0.1) is 13.8 Å². The number of aryl methyl sites for hydroxylation is 2. The third-order valence-electron chi connectivity index (χ3n) is 3.54. The van der Waals surface area contributed by atoms with Crippen molar-refractivity contribution in [2.75, 3.05) is 7.05 Å². The number of thiocarbonyl (C=S) groups is 1. The second kappa shape index (κ2) is 7.03. The van der Waals surface area contributed by atoms with Crippen LogP contribution in [0.3, 0.4) is 0 Å². The van der Waals surface area contributed by atoms with Gasteiger partial charge in [0.1, 0.15) is 0 Å². The molecule has 1 radical (unpaired) electrons. The van der Waals surface area contributed by atoms with Gasteiger partial charge in [0.15, 0.2) is 5.91 Å². The van der Waals surface area contributed by atoms with Crippen molar-refractivity contribution >= 4 is 29.3 Å². The van der Waals surface area contributed by atoms with Gasteiger partial charge in [0, 0.05) is 55.4 Å². The van der Waals surface area contributed by atoms with Gasteiger partial charge in [0.2, 0.25) is 0 Å². The van der Waals surface area contributed by atoms with Crippen LogP contribution in [0.5, 0.6) is 0 Å². The average Bonchev–Trinajstić information content (AvgIpc) is 2.99. The van der Waals surface area contributed by atoms with E-state index in [0.29, 0.717) is 10.8 Å². The molecule has 2 heterocycles. The normalized spacial score (nSPS) is 15.8. The summed E-state index contributed by atoms with van der Waals surface area (Å²) >= 11 is 5.01. The van der Waals surface area contributed by atoms with Crippen LogP contribution in [-0.2, 0) is 37.5 Å². The topological polar surface area (TPSA) is 52.2 Å². The quantitative estimate of drug-likeness (QED) is 0.576. The predicted molar refractivity (Wildman–Crippen MR) is 89.7 cm³/mol. The zero-order chi connectivity index (χ0) is 15.9. The molecule has 2 aromatic rings. The second-order valence-corrected chi connectivity index (χ2v) is 5.62. The van der Waals surface area contributed by atoms with E-state index in [1.165, 1.54) is 4.90 Å². The first-order valence-electron chi connectivity index (χ1n) is 6.83. The Morgan fingerprint density at radius 1 is 1.30 bits per heavy atom. The van der Waals surface area contributed by atoms with E-state index in [2.05, 4.69) is 10.3 Å². The van der Waals surface area contributed by atoms with Crippen LogP contribution < -0.4 is 0 Å². The average molecular weight is 400 g/mol. The maximum absolute atomic E-state index is 12.0. The number of carbonyl (C=O) groups excluding carboxylic acids is 1. The van der Waals surface area contributed by atoms with Crippen molar-refractivity contribution in [2.24, 2.45) is 0 Å². The first-order chi connectivity index (χ1) is 10.5. The molecule has 1 aliphatic heterocycles. The maximum atomic E-state index is 12.0. The zero-order valence-corrected chi connectivity index (χ0v) is 16.8. The number of benzene rings is 1. The summed E-state index contributed by atoms with van der Waals surface area (Å²) in [6.07, 6.45) is 5.52.